The topological polar surface area (TPSA) is 83.4 Å². The van der Waals surface area contributed by atoms with Crippen LogP contribution in [0, 0.1) is 17.6 Å². The van der Waals surface area contributed by atoms with E-state index < -0.39 is 23.8 Å². The Bertz CT molecular complexity index is 1210. The summed E-state index contributed by atoms with van der Waals surface area (Å²) in [6.45, 7) is 1.52. The maximum absolute atomic E-state index is 14.7. The van der Waals surface area contributed by atoms with E-state index in [0.29, 0.717) is 48.9 Å². The first-order valence-electron chi connectivity index (χ1n) is 12.2. The molecule has 3 aromatic heterocycles. The number of rotatable bonds is 6. The molecule has 1 aliphatic heterocycles. The summed E-state index contributed by atoms with van der Waals surface area (Å²) in [5, 5.41) is 8.82. The Labute approximate surface area is 201 Å². The highest BCUT2D eigenvalue weighted by atomic mass is 19.1. The van der Waals surface area contributed by atoms with Crippen LogP contribution in [0.25, 0.3) is 17.0 Å². The molecule has 35 heavy (non-hydrogen) atoms. The Balaban J connectivity index is 1.36. The largest absolute Gasteiger partial charge is 0.361 e. The van der Waals surface area contributed by atoms with Crippen LogP contribution in [0.5, 0.6) is 0 Å². The Morgan fingerprint density at radius 2 is 1.97 bits per heavy atom. The maximum atomic E-state index is 14.7. The lowest BCUT2D eigenvalue weighted by molar-refractivity contribution is 0.0943. The van der Waals surface area contributed by atoms with Gasteiger partial charge in [0, 0.05) is 30.9 Å². The number of fused-ring (bicyclic) bond motifs is 1. The second-order valence-electron chi connectivity index (χ2n) is 9.41. The number of hydrogen-bond donors (Lipinski definition) is 3. The summed E-state index contributed by atoms with van der Waals surface area (Å²) >= 11 is 0. The van der Waals surface area contributed by atoms with Crippen molar-refractivity contribution in [3.05, 3.63) is 47.8 Å². The maximum Gasteiger partial charge on any atom is 0.251 e. The smallest absolute Gasteiger partial charge is 0.251 e. The molecule has 2 fully saturated rings. The zero-order valence-corrected chi connectivity index (χ0v) is 19.4. The molecule has 3 aromatic rings. The fourth-order valence-corrected chi connectivity index (χ4v) is 4.92. The number of nitrogens with one attached hydrogen (secondary N) is 3. The van der Waals surface area contributed by atoms with Crippen LogP contribution in [0.1, 0.15) is 48.9 Å². The van der Waals surface area contributed by atoms with Crippen molar-refractivity contribution in [1.82, 2.24) is 25.0 Å². The molecule has 0 aromatic carbocycles. The second kappa shape index (κ2) is 10.2. The van der Waals surface area contributed by atoms with Crippen molar-refractivity contribution < 1.29 is 18.0 Å². The minimum atomic E-state index is -1.16. The van der Waals surface area contributed by atoms with Crippen LogP contribution >= 0.6 is 0 Å². The number of nitrogens with zero attached hydrogens (tertiary/aromatic N) is 3. The molecule has 2 atom stereocenters. The van der Waals surface area contributed by atoms with Crippen LogP contribution in [-0.2, 0) is 0 Å². The predicted molar refractivity (Wildman–Crippen MR) is 127 cm³/mol. The molecule has 186 valence electrons. The predicted octanol–water partition coefficient (Wildman–Crippen LogP) is 4.10. The third-order valence-electron chi connectivity index (χ3n) is 6.94. The summed E-state index contributed by atoms with van der Waals surface area (Å²) in [7, 11) is 0. The van der Waals surface area contributed by atoms with Gasteiger partial charge in [-0.2, -0.15) is 0 Å². The number of aromatic nitrogens is 3. The van der Waals surface area contributed by atoms with Crippen molar-refractivity contribution in [2.75, 3.05) is 25.0 Å². The number of amides is 1. The van der Waals surface area contributed by atoms with Crippen LogP contribution in [0.3, 0.4) is 0 Å². The fourth-order valence-electron chi connectivity index (χ4n) is 4.92. The van der Waals surface area contributed by atoms with E-state index in [1.807, 2.05) is 0 Å². The van der Waals surface area contributed by atoms with E-state index in [-0.39, 0.29) is 17.4 Å². The summed E-state index contributed by atoms with van der Waals surface area (Å²) in [6.07, 6.45) is 8.14. The van der Waals surface area contributed by atoms with E-state index >= 15 is 0 Å². The SMILES string of the molecule is O=C(NCC1CCCCC1)c1ccn2c(-c3nc(N[C@H]4CNCC[C@@H]4F)c(F)cc3F)cnc2c1. The Kier molecular flexibility index (Phi) is 6.90. The van der Waals surface area contributed by atoms with Crippen molar-refractivity contribution in [3.63, 3.8) is 0 Å². The van der Waals surface area contributed by atoms with E-state index in [0.717, 1.165) is 18.9 Å². The number of imidazole rings is 1. The normalized spacial score (nSPS) is 21.2. The van der Waals surface area contributed by atoms with Crippen molar-refractivity contribution >= 4 is 17.4 Å². The second-order valence-corrected chi connectivity index (χ2v) is 9.41. The number of pyridine rings is 2. The molecular formula is C25H29F3N6O. The molecule has 0 spiro atoms. The molecule has 10 heteroatoms. The Morgan fingerprint density at radius 3 is 2.77 bits per heavy atom. The fraction of sp³-hybridized carbons (Fsp3) is 0.480. The molecule has 5 rings (SSSR count). The standard InChI is InChI=1S/C25H29F3N6O/c26-17-6-8-29-13-20(17)32-24-19(28)11-18(27)23(33-24)21-14-30-22-10-16(7-9-34(21)22)25(35)31-12-15-4-2-1-3-5-15/h7,9-11,14-15,17,20,29H,1-6,8,12-13H2,(H,31,35)(H,32,33)/t17-,20-/m0/s1. The van der Waals surface area contributed by atoms with Gasteiger partial charge < -0.3 is 16.0 Å². The highest BCUT2D eigenvalue weighted by Gasteiger charge is 2.27. The van der Waals surface area contributed by atoms with Gasteiger partial charge in [-0.25, -0.2) is 23.1 Å². The Hall–Kier alpha value is -3.14. The first kappa shape index (κ1) is 23.6. The van der Waals surface area contributed by atoms with Crippen LogP contribution in [0.2, 0.25) is 0 Å². The van der Waals surface area contributed by atoms with Crippen molar-refractivity contribution in [1.29, 1.82) is 0 Å². The van der Waals surface area contributed by atoms with E-state index in [1.165, 1.54) is 25.5 Å². The highest BCUT2D eigenvalue weighted by molar-refractivity contribution is 5.95. The third kappa shape index (κ3) is 5.12. The molecule has 0 radical (unpaired) electrons. The van der Waals surface area contributed by atoms with E-state index in [9.17, 15) is 18.0 Å². The van der Waals surface area contributed by atoms with E-state index in [4.69, 9.17) is 0 Å². The number of hydrogen-bond acceptors (Lipinski definition) is 5. The van der Waals surface area contributed by atoms with Crippen molar-refractivity contribution in [3.8, 4) is 11.4 Å². The monoisotopic (exact) mass is 486 g/mol. The summed E-state index contributed by atoms with van der Waals surface area (Å²) in [5.41, 5.74) is 1.08. The minimum Gasteiger partial charge on any atom is -0.361 e. The minimum absolute atomic E-state index is 0.116. The van der Waals surface area contributed by atoms with Gasteiger partial charge in [0.25, 0.3) is 5.91 Å². The molecule has 1 saturated carbocycles. The number of halogens is 3. The lowest BCUT2D eigenvalue weighted by atomic mass is 9.89. The average Bonchev–Trinajstić information content (AvgIpc) is 3.29. The number of anilines is 1. The zero-order valence-electron chi connectivity index (χ0n) is 19.4. The summed E-state index contributed by atoms with van der Waals surface area (Å²) < 4.78 is 45.0. The molecule has 1 saturated heterocycles. The summed E-state index contributed by atoms with van der Waals surface area (Å²) in [5.74, 6) is -1.63. The lowest BCUT2D eigenvalue weighted by Gasteiger charge is -2.28. The van der Waals surface area contributed by atoms with Crippen molar-refractivity contribution in [2.24, 2.45) is 5.92 Å². The number of piperidine rings is 1. The zero-order chi connectivity index (χ0) is 24.4. The summed E-state index contributed by atoms with van der Waals surface area (Å²) in [6, 6.07) is 3.33. The van der Waals surface area contributed by atoms with Gasteiger partial charge in [-0.3, -0.25) is 9.20 Å². The average molecular weight is 487 g/mol. The van der Waals surface area contributed by atoms with Gasteiger partial charge in [0.05, 0.1) is 17.9 Å². The number of carbonyl (C=O) groups excluding carboxylic acids is 1. The van der Waals surface area contributed by atoms with Gasteiger partial charge in [0.1, 0.15) is 17.5 Å². The quantitative estimate of drug-likeness (QED) is 0.489. The third-order valence-corrected chi connectivity index (χ3v) is 6.94. The summed E-state index contributed by atoms with van der Waals surface area (Å²) in [4.78, 5) is 21.1. The molecule has 2 aliphatic rings. The van der Waals surface area contributed by atoms with Gasteiger partial charge in [0.15, 0.2) is 17.5 Å². The van der Waals surface area contributed by atoms with Gasteiger partial charge in [-0.15, -0.1) is 0 Å². The first-order chi connectivity index (χ1) is 17.0. The van der Waals surface area contributed by atoms with Gasteiger partial charge >= 0.3 is 0 Å². The van der Waals surface area contributed by atoms with Crippen LogP contribution in [0.4, 0.5) is 19.0 Å². The van der Waals surface area contributed by atoms with Gasteiger partial charge in [-0.05, 0) is 43.9 Å². The van der Waals surface area contributed by atoms with Crippen LogP contribution in [-0.4, -0.2) is 52.1 Å². The number of alkyl halides is 1. The number of carbonyl (C=O) groups is 1. The van der Waals surface area contributed by atoms with Gasteiger partial charge in [-0.1, -0.05) is 19.3 Å². The molecule has 0 unspecified atom stereocenters. The molecular weight excluding hydrogens is 457 g/mol. The highest BCUT2D eigenvalue weighted by Crippen LogP contribution is 2.27. The molecule has 1 aliphatic carbocycles. The van der Waals surface area contributed by atoms with Gasteiger partial charge in [0.2, 0.25) is 0 Å². The van der Waals surface area contributed by atoms with E-state index in [2.05, 4.69) is 25.9 Å². The molecule has 4 heterocycles. The first-order valence-corrected chi connectivity index (χ1v) is 12.2. The van der Waals surface area contributed by atoms with Crippen molar-refractivity contribution in [2.45, 2.75) is 50.7 Å². The van der Waals surface area contributed by atoms with E-state index in [1.54, 1.807) is 22.7 Å². The molecule has 0 bridgehead atoms. The van der Waals surface area contributed by atoms with Crippen LogP contribution in [0.15, 0.2) is 30.6 Å². The molecule has 1 amide bonds. The van der Waals surface area contributed by atoms with Crippen LogP contribution < -0.4 is 16.0 Å². The lowest BCUT2D eigenvalue weighted by Crippen LogP contribution is -2.46. The molecule has 3 N–H and O–H groups in total. The Morgan fingerprint density at radius 1 is 1.14 bits per heavy atom. The molecule has 7 nitrogen and oxygen atoms in total.